The zero-order valence-electron chi connectivity index (χ0n) is 16.4. The van der Waals surface area contributed by atoms with E-state index in [1.807, 2.05) is 18.3 Å². The van der Waals surface area contributed by atoms with Crippen LogP contribution in [0.15, 0.2) is 61.2 Å². The number of aromatic hydroxyl groups is 1. The number of H-pyrrole nitrogens is 2. The lowest BCUT2D eigenvalue weighted by Crippen LogP contribution is -1.84. The first-order valence-electron chi connectivity index (χ1n) is 9.69. The highest BCUT2D eigenvalue weighted by Gasteiger charge is 2.16. The van der Waals surface area contributed by atoms with Crippen LogP contribution in [0.25, 0.3) is 55.0 Å². The molecule has 6 aromatic rings. The quantitative estimate of drug-likeness (QED) is 0.357. The first-order chi connectivity index (χ1) is 15.2. The summed E-state index contributed by atoms with van der Waals surface area (Å²) in [5.41, 5.74) is 6.00. The van der Waals surface area contributed by atoms with Crippen molar-refractivity contribution in [2.24, 2.45) is 0 Å². The molecular formula is C23H16N6OS. The summed E-state index contributed by atoms with van der Waals surface area (Å²) in [6, 6.07) is 12.0. The highest BCUT2D eigenvalue weighted by atomic mass is 32.1. The molecule has 0 saturated heterocycles. The van der Waals surface area contributed by atoms with Crippen LogP contribution in [0.4, 0.5) is 0 Å². The number of nitrogens with zero attached hydrogens (tertiary/aromatic N) is 4. The molecule has 0 aliphatic carbocycles. The molecule has 0 fully saturated rings. The minimum Gasteiger partial charge on any atom is -0.506 e. The normalized spacial score (nSPS) is 11.5. The molecule has 0 amide bonds. The lowest BCUT2D eigenvalue weighted by molar-refractivity contribution is 0.473. The second-order valence-corrected chi connectivity index (χ2v) is 8.63. The Morgan fingerprint density at radius 1 is 0.935 bits per heavy atom. The molecule has 6 rings (SSSR count). The fraction of sp³-hybridized carbons (Fsp3) is 0.0435. The Kier molecular flexibility index (Phi) is 3.87. The van der Waals surface area contributed by atoms with Crippen LogP contribution in [0, 0.1) is 6.92 Å². The van der Waals surface area contributed by atoms with Gasteiger partial charge < -0.3 is 10.1 Å². The molecule has 3 N–H and O–H groups in total. The molecule has 6 aromatic heterocycles. The lowest BCUT2D eigenvalue weighted by Gasteiger charge is -2.02. The third-order valence-electron chi connectivity index (χ3n) is 5.26. The van der Waals surface area contributed by atoms with Crippen molar-refractivity contribution in [3.8, 4) is 38.8 Å². The molecule has 0 aromatic carbocycles. The van der Waals surface area contributed by atoms with E-state index in [1.165, 1.54) is 11.1 Å². The van der Waals surface area contributed by atoms with Crippen LogP contribution >= 0.6 is 11.3 Å². The summed E-state index contributed by atoms with van der Waals surface area (Å²) in [6.45, 7) is 2.10. The van der Waals surface area contributed by atoms with Gasteiger partial charge in [0.25, 0.3) is 0 Å². The van der Waals surface area contributed by atoms with Crippen molar-refractivity contribution in [1.82, 2.24) is 30.1 Å². The summed E-state index contributed by atoms with van der Waals surface area (Å²) in [5.74, 6) is 0.115. The summed E-state index contributed by atoms with van der Waals surface area (Å²) in [6.07, 6.45) is 6.67. The number of rotatable bonds is 3. The van der Waals surface area contributed by atoms with Gasteiger partial charge in [-0.05, 0) is 43.3 Å². The van der Waals surface area contributed by atoms with Gasteiger partial charge in [0.15, 0.2) is 5.65 Å². The summed E-state index contributed by atoms with van der Waals surface area (Å²) in [4.78, 5) is 19.1. The lowest BCUT2D eigenvalue weighted by atomic mass is 10.1. The van der Waals surface area contributed by atoms with E-state index >= 15 is 0 Å². The fourth-order valence-corrected chi connectivity index (χ4v) is 4.67. The predicted octanol–water partition coefficient (Wildman–Crippen LogP) is 5.31. The molecule has 0 unspecified atom stereocenters. The van der Waals surface area contributed by atoms with Crippen molar-refractivity contribution in [3.63, 3.8) is 0 Å². The van der Waals surface area contributed by atoms with Gasteiger partial charge in [-0.15, -0.1) is 11.3 Å². The second-order valence-electron chi connectivity index (χ2n) is 7.34. The van der Waals surface area contributed by atoms with Crippen LogP contribution in [0.1, 0.15) is 4.88 Å². The van der Waals surface area contributed by atoms with E-state index in [0.29, 0.717) is 5.65 Å². The Morgan fingerprint density at radius 3 is 2.68 bits per heavy atom. The van der Waals surface area contributed by atoms with E-state index < -0.39 is 0 Å². The summed E-state index contributed by atoms with van der Waals surface area (Å²) >= 11 is 1.73. The van der Waals surface area contributed by atoms with Crippen LogP contribution in [0.2, 0.25) is 0 Å². The number of hydrogen-bond donors (Lipinski definition) is 3. The topological polar surface area (TPSA) is 103 Å². The maximum Gasteiger partial charge on any atom is 0.181 e. The first-order valence-corrected chi connectivity index (χ1v) is 10.5. The second kappa shape index (κ2) is 6.75. The van der Waals surface area contributed by atoms with Crippen LogP contribution in [-0.2, 0) is 0 Å². The number of pyridine rings is 3. The van der Waals surface area contributed by atoms with Gasteiger partial charge in [0, 0.05) is 50.9 Å². The predicted molar refractivity (Wildman–Crippen MR) is 122 cm³/mol. The van der Waals surface area contributed by atoms with E-state index in [9.17, 15) is 5.11 Å². The average molecular weight is 424 g/mol. The van der Waals surface area contributed by atoms with E-state index in [0.717, 1.165) is 49.4 Å². The third-order valence-corrected chi connectivity index (χ3v) is 6.27. The van der Waals surface area contributed by atoms with E-state index in [1.54, 1.807) is 29.8 Å². The summed E-state index contributed by atoms with van der Waals surface area (Å²) in [5, 5.41) is 19.2. The molecule has 0 aliphatic rings. The molecule has 0 atom stereocenters. The van der Waals surface area contributed by atoms with Gasteiger partial charge in [0.1, 0.15) is 5.75 Å². The first kappa shape index (κ1) is 17.8. The number of aromatic nitrogens is 6. The van der Waals surface area contributed by atoms with Crippen molar-refractivity contribution >= 4 is 33.3 Å². The van der Waals surface area contributed by atoms with Gasteiger partial charge in [0.05, 0.1) is 28.2 Å². The van der Waals surface area contributed by atoms with Crippen LogP contribution in [0.5, 0.6) is 5.75 Å². The molecule has 0 aliphatic heterocycles. The van der Waals surface area contributed by atoms with E-state index in [-0.39, 0.29) is 5.75 Å². The van der Waals surface area contributed by atoms with Crippen LogP contribution < -0.4 is 0 Å². The molecule has 0 spiro atoms. The smallest absolute Gasteiger partial charge is 0.181 e. The SMILES string of the molecule is Cc1ccc(-c2nccc3[nH]c(-c4[nH]nc5ncc(-c6cncc(O)c6)cc45)cc23)s1. The molecule has 31 heavy (non-hydrogen) atoms. The maximum absolute atomic E-state index is 9.77. The minimum atomic E-state index is 0.115. The maximum atomic E-state index is 9.77. The largest absolute Gasteiger partial charge is 0.506 e. The Bertz CT molecular complexity index is 1580. The van der Waals surface area contributed by atoms with Crippen molar-refractivity contribution in [2.75, 3.05) is 0 Å². The number of nitrogens with one attached hydrogen (secondary N) is 2. The number of hydrogen-bond acceptors (Lipinski definition) is 6. The molecular weight excluding hydrogens is 408 g/mol. The minimum absolute atomic E-state index is 0.115. The molecule has 0 bridgehead atoms. The van der Waals surface area contributed by atoms with E-state index in [4.69, 9.17) is 0 Å². The van der Waals surface area contributed by atoms with Gasteiger partial charge in [-0.3, -0.25) is 15.1 Å². The average Bonchev–Trinajstić information content (AvgIpc) is 3.50. The standard InChI is InChI=1S/C23H16N6OS/c1-12-2-3-20(31-12)22-16-8-19(27-18(16)4-5-25-22)21-17-7-14(10-26-23(17)29-28-21)13-6-15(30)11-24-9-13/h2-11,27,30H,1H3,(H,26,28,29). The Labute approximate surface area is 180 Å². The van der Waals surface area contributed by atoms with Crippen molar-refractivity contribution in [3.05, 3.63) is 66.1 Å². The zero-order chi connectivity index (χ0) is 20.9. The third kappa shape index (κ3) is 2.96. The van der Waals surface area contributed by atoms with Crippen LogP contribution in [-0.4, -0.2) is 35.2 Å². The number of thiophene rings is 1. The fourth-order valence-electron chi connectivity index (χ4n) is 3.80. The molecule has 0 saturated carbocycles. The summed E-state index contributed by atoms with van der Waals surface area (Å²) < 4.78 is 0. The monoisotopic (exact) mass is 424 g/mol. The van der Waals surface area contributed by atoms with Gasteiger partial charge in [-0.25, -0.2) is 4.98 Å². The molecule has 8 heteroatoms. The van der Waals surface area contributed by atoms with Gasteiger partial charge in [-0.2, -0.15) is 5.10 Å². The summed E-state index contributed by atoms with van der Waals surface area (Å²) in [7, 11) is 0. The molecule has 0 radical (unpaired) electrons. The molecule has 6 heterocycles. The van der Waals surface area contributed by atoms with E-state index in [2.05, 4.69) is 55.3 Å². The number of fused-ring (bicyclic) bond motifs is 2. The highest BCUT2D eigenvalue weighted by molar-refractivity contribution is 7.15. The van der Waals surface area contributed by atoms with Crippen LogP contribution in [0.3, 0.4) is 0 Å². The number of aryl methyl sites for hydroxylation is 1. The Hall–Kier alpha value is -4.04. The van der Waals surface area contributed by atoms with Crippen molar-refractivity contribution in [1.29, 1.82) is 0 Å². The Morgan fingerprint density at radius 2 is 1.84 bits per heavy atom. The zero-order valence-corrected chi connectivity index (χ0v) is 17.2. The molecule has 150 valence electrons. The number of aromatic amines is 2. The van der Waals surface area contributed by atoms with Crippen molar-refractivity contribution < 1.29 is 5.11 Å². The van der Waals surface area contributed by atoms with Gasteiger partial charge >= 0.3 is 0 Å². The van der Waals surface area contributed by atoms with Crippen molar-refractivity contribution in [2.45, 2.75) is 6.92 Å². The van der Waals surface area contributed by atoms with Gasteiger partial charge in [-0.1, -0.05) is 0 Å². The molecule has 7 nitrogen and oxygen atoms in total. The highest BCUT2D eigenvalue weighted by Crippen LogP contribution is 2.35. The van der Waals surface area contributed by atoms with Gasteiger partial charge in [0.2, 0.25) is 0 Å². The Balaban J connectivity index is 1.51.